The molecule has 0 aromatic carbocycles. The summed E-state index contributed by atoms with van der Waals surface area (Å²) < 4.78 is 12.3. The second-order valence-electron chi connectivity index (χ2n) is 5.94. The van der Waals surface area contributed by atoms with Gasteiger partial charge in [0.15, 0.2) is 5.79 Å². The van der Waals surface area contributed by atoms with Crippen molar-refractivity contribution in [3.8, 4) is 0 Å². The summed E-state index contributed by atoms with van der Waals surface area (Å²) in [7, 11) is 1.72. The first-order valence-electron chi connectivity index (χ1n) is 7.55. The van der Waals surface area contributed by atoms with Crippen molar-refractivity contribution in [2.45, 2.75) is 50.9 Å². The maximum absolute atomic E-state index is 8.10. The molecule has 5 heteroatoms. The zero-order chi connectivity index (χ0) is 15.5. The van der Waals surface area contributed by atoms with Gasteiger partial charge in [-0.25, -0.2) is 0 Å². The van der Waals surface area contributed by atoms with E-state index in [4.69, 9.17) is 26.5 Å². The molecule has 0 aromatic heterocycles. The average molecular weight is 313 g/mol. The lowest BCUT2D eigenvalue weighted by Gasteiger charge is -2.40. The Kier molecular flexibility index (Phi) is 5.12. The van der Waals surface area contributed by atoms with Crippen LogP contribution in [0.15, 0.2) is 23.9 Å². The van der Waals surface area contributed by atoms with E-state index in [9.17, 15) is 0 Å². The summed E-state index contributed by atoms with van der Waals surface area (Å²) in [5.74, 6) is -0.563. The quantitative estimate of drug-likeness (QED) is 0.429. The molecule has 3 atom stereocenters. The molecule has 0 spiro atoms. The molecular weight excluding hydrogens is 288 g/mol. The van der Waals surface area contributed by atoms with Crippen molar-refractivity contribution in [3.63, 3.8) is 0 Å². The van der Waals surface area contributed by atoms with E-state index in [2.05, 4.69) is 11.9 Å². The molecule has 1 aliphatic carbocycles. The highest BCUT2D eigenvalue weighted by atomic mass is 35.5. The highest BCUT2D eigenvalue weighted by Crippen LogP contribution is 2.58. The molecule has 1 saturated carbocycles. The lowest BCUT2D eigenvalue weighted by molar-refractivity contribution is -0.254. The summed E-state index contributed by atoms with van der Waals surface area (Å²) in [5.41, 5.74) is 0.374. The molecule has 2 aliphatic rings. The topological polar surface area (TPSA) is 54.3 Å². The Hall–Kier alpha value is -0.840. The fourth-order valence-corrected chi connectivity index (χ4v) is 3.71. The Labute approximate surface area is 132 Å². The van der Waals surface area contributed by atoms with Gasteiger partial charge < -0.3 is 20.2 Å². The SMILES string of the molecule is C=CC[C@@]12CCC[C@]1(OC(C)C(=N)/C=C(/Cl)NC)OCC2. The predicted octanol–water partition coefficient (Wildman–Crippen LogP) is 3.57. The van der Waals surface area contributed by atoms with Gasteiger partial charge in [0, 0.05) is 18.9 Å². The van der Waals surface area contributed by atoms with Crippen LogP contribution in [0.2, 0.25) is 0 Å². The predicted molar refractivity (Wildman–Crippen MR) is 85.7 cm³/mol. The summed E-state index contributed by atoms with van der Waals surface area (Å²) in [6.45, 7) is 6.49. The maximum atomic E-state index is 8.10. The molecule has 1 saturated heterocycles. The van der Waals surface area contributed by atoms with E-state index < -0.39 is 5.79 Å². The first-order valence-corrected chi connectivity index (χ1v) is 7.92. The summed E-state index contributed by atoms with van der Waals surface area (Å²) in [4.78, 5) is 0. The van der Waals surface area contributed by atoms with Crippen LogP contribution in [0.3, 0.4) is 0 Å². The third-order valence-electron chi connectivity index (χ3n) is 4.75. The van der Waals surface area contributed by atoms with Gasteiger partial charge in [-0.2, -0.15) is 0 Å². The van der Waals surface area contributed by atoms with Gasteiger partial charge in [0.05, 0.1) is 18.4 Å². The lowest BCUT2D eigenvalue weighted by Crippen LogP contribution is -2.46. The van der Waals surface area contributed by atoms with Crippen LogP contribution in [0.5, 0.6) is 0 Å². The minimum atomic E-state index is -0.563. The number of allylic oxidation sites excluding steroid dienone is 1. The fourth-order valence-electron chi connectivity index (χ4n) is 3.60. The van der Waals surface area contributed by atoms with Gasteiger partial charge in [-0.05, 0) is 38.7 Å². The second-order valence-corrected chi connectivity index (χ2v) is 6.34. The Morgan fingerprint density at radius 3 is 2.95 bits per heavy atom. The summed E-state index contributed by atoms with van der Waals surface area (Å²) in [5, 5.41) is 11.3. The Morgan fingerprint density at radius 1 is 1.52 bits per heavy atom. The van der Waals surface area contributed by atoms with Crippen LogP contribution < -0.4 is 5.32 Å². The number of hydrogen-bond donors (Lipinski definition) is 2. The number of halogens is 1. The normalized spacial score (nSPS) is 33.6. The van der Waals surface area contributed by atoms with Gasteiger partial charge in [-0.15, -0.1) is 6.58 Å². The third kappa shape index (κ3) is 3.03. The van der Waals surface area contributed by atoms with E-state index in [-0.39, 0.29) is 11.5 Å². The van der Waals surface area contributed by atoms with E-state index in [0.29, 0.717) is 10.9 Å². The number of nitrogens with one attached hydrogen (secondary N) is 2. The van der Waals surface area contributed by atoms with Crippen molar-refractivity contribution in [3.05, 3.63) is 23.9 Å². The number of ether oxygens (including phenoxy) is 2. The standard InChI is InChI=1S/C16H25ClN2O2/c1-4-6-15-7-5-8-16(15,20-10-9-15)21-12(2)13(18)11-14(17)19-3/h4,11-12,18-19H,1,5-10H2,2-3H3/b14-11-,18-13?/t12?,15-,16+/m0/s1. The molecule has 0 amide bonds. The van der Waals surface area contributed by atoms with Crippen LogP contribution in [0.1, 0.15) is 39.0 Å². The second kappa shape index (κ2) is 6.51. The first-order chi connectivity index (χ1) is 9.98. The van der Waals surface area contributed by atoms with E-state index in [1.165, 1.54) is 0 Å². The van der Waals surface area contributed by atoms with E-state index in [0.717, 1.165) is 38.7 Å². The molecule has 2 N–H and O–H groups in total. The van der Waals surface area contributed by atoms with Crippen LogP contribution in [0.4, 0.5) is 0 Å². The van der Waals surface area contributed by atoms with Gasteiger partial charge in [-0.3, -0.25) is 0 Å². The molecule has 0 aromatic rings. The minimum absolute atomic E-state index is 0.0276. The zero-order valence-electron chi connectivity index (χ0n) is 12.9. The van der Waals surface area contributed by atoms with Crippen molar-refractivity contribution in [2.75, 3.05) is 13.7 Å². The summed E-state index contributed by atoms with van der Waals surface area (Å²) in [6.07, 6.45) is 8.20. The molecule has 1 aliphatic heterocycles. The number of rotatable bonds is 7. The summed E-state index contributed by atoms with van der Waals surface area (Å²) in [6, 6.07) is 0. The Morgan fingerprint density at radius 2 is 2.29 bits per heavy atom. The van der Waals surface area contributed by atoms with E-state index >= 15 is 0 Å². The minimum Gasteiger partial charge on any atom is -0.379 e. The van der Waals surface area contributed by atoms with Gasteiger partial charge in [0.2, 0.25) is 0 Å². The first kappa shape index (κ1) is 16.5. The summed E-state index contributed by atoms with van der Waals surface area (Å²) >= 11 is 5.92. The smallest absolute Gasteiger partial charge is 0.175 e. The van der Waals surface area contributed by atoms with Crippen LogP contribution in [-0.4, -0.2) is 31.3 Å². The van der Waals surface area contributed by atoms with Gasteiger partial charge in [0.1, 0.15) is 5.16 Å². The molecule has 1 unspecified atom stereocenters. The Balaban J connectivity index is 2.13. The van der Waals surface area contributed by atoms with Crippen LogP contribution in [-0.2, 0) is 9.47 Å². The van der Waals surface area contributed by atoms with Crippen molar-refractivity contribution in [1.82, 2.24) is 5.32 Å². The molecule has 0 bridgehead atoms. The van der Waals surface area contributed by atoms with Crippen LogP contribution >= 0.6 is 11.6 Å². The molecule has 1 heterocycles. The molecule has 2 fully saturated rings. The third-order valence-corrected chi connectivity index (χ3v) is 5.04. The monoisotopic (exact) mass is 312 g/mol. The molecule has 4 nitrogen and oxygen atoms in total. The maximum Gasteiger partial charge on any atom is 0.175 e. The van der Waals surface area contributed by atoms with Gasteiger partial charge in [-0.1, -0.05) is 17.7 Å². The molecular formula is C16H25ClN2O2. The van der Waals surface area contributed by atoms with Gasteiger partial charge >= 0.3 is 0 Å². The molecule has 21 heavy (non-hydrogen) atoms. The number of fused-ring (bicyclic) bond motifs is 1. The average Bonchev–Trinajstić information content (AvgIpc) is 2.93. The lowest BCUT2D eigenvalue weighted by atomic mass is 9.77. The molecule has 118 valence electrons. The highest BCUT2D eigenvalue weighted by Gasteiger charge is 2.60. The number of hydrogen-bond acceptors (Lipinski definition) is 4. The van der Waals surface area contributed by atoms with Crippen LogP contribution in [0, 0.1) is 10.8 Å². The molecule has 2 rings (SSSR count). The fraction of sp³-hybridized carbons (Fsp3) is 0.688. The van der Waals surface area contributed by atoms with E-state index in [1.807, 2.05) is 13.0 Å². The van der Waals surface area contributed by atoms with Crippen molar-refractivity contribution >= 4 is 17.3 Å². The van der Waals surface area contributed by atoms with Crippen molar-refractivity contribution < 1.29 is 9.47 Å². The van der Waals surface area contributed by atoms with E-state index in [1.54, 1.807) is 13.1 Å². The molecule has 0 radical (unpaired) electrons. The largest absolute Gasteiger partial charge is 0.379 e. The van der Waals surface area contributed by atoms with Gasteiger partial charge in [0.25, 0.3) is 0 Å². The Bertz CT molecular complexity index is 438. The van der Waals surface area contributed by atoms with Crippen molar-refractivity contribution in [2.24, 2.45) is 5.41 Å². The highest BCUT2D eigenvalue weighted by molar-refractivity contribution is 6.30. The zero-order valence-corrected chi connectivity index (χ0v) is 13.6. The van der Waals surface area contributed by atoms with Crippen LogP contribution in [0.25, 0.3) is 0 Å². The van der Waals surface area contributed by atoms with Crippen molar-refractivity contribution in [1.29, 1.82) is 5.41 Å².